The van der Waals surface area contributed by atoms with Gasteiger partial charge in [0.15, 0.2) is 0 Å². The third-order valence-electron chi connectivity index (χ3n) is 4.64. The van der Waals surface area contributed by atoms with Crippen LogP contribution in [-0.4, -0.2) is 26.5 Å². The van der Waals surface area contributed by atoms with Crippen LogP contribution >= 0.6 is 22.9 Å². The normalized spacial score (nSPS) is 10.9. The predicted molar refractivity (Wildman–Crippen MR) is 121 cm³/mol. The van der Waals surface area contributed by atoms with Crippen LogP contribution in [-0.2, 0) is 11.3 Å². The Kier molecular flexibility index (Phi) is 5.58. The van der Waals surface area contributed by atoms with Crippen molar-refractivity contribution in [2.24, 2.45) is 0 Å². The molecule has 0 radical (unpaired) electrons. The van der Waals surface area contributed by atoms with Crippen molar-refractivity contribution in [3.8, 4) is 11.4 Å². The molecule has 2 aromatic carbocycles. The van der Waals surface area contributed by atoms with Crippen LogP contribution in [0.2, 0.25) is 5.02 Å². The molecule has 9 heteroatoms. The number of aromatic nitrogens is 2. The van der Waals surface area contributed by atoms with Crippen molar-refractivity contribution in [2.45, 2.75) is 13.5 Å². The molecule has 0 saturated carbocycles. The highest BCUT2D eigenvalue weighted by Crippen LogP contribution is 2.26. The molecular weight excluding hydrogens is 438 g/mol. The van der Waals surface area contributed by atoms with E-state index >= 15 is 0 Å². The Labute approximate surface area is 185 Å². The zero-order chi connectivity index (χ0) is 22.1. The predicted octanol–water partition coefficient (Wildman–Crippen LogP) is 4.42. The molecular formula is C22H16ClN3O4S. The van der Waals surface area contributed by atoms with E-state index < -0.39 is 17.4 Å². The summed E-state index contributed by atoms with van der Waals surface area (Å²) in [7, 11) is 0. The molecule has 1 amide bonds. The number of anilines is 1. The second-order valence-electron chi connectivity index (χ2n) is 6.89. The smallest absolute Gasteiger partial charge is 0.337 e. The van der Waals surface area contributed by atoms with Crippen LogP contribution in [0.4, 0.5) is 5.69 Å². The van der Waals surface area contributed by atoms with Gasteiger partial charge in [0.05, 0.1) is 10.9 Å². The lowest BCUT2D eigenvalue weighted by atomic mass is 10.1. The lowest BCUT2D eigenvalue weighted by Gasteiger charge is -2.13. The summed E-state index contributed by atoms with van der Waals surface area (Å²) in [5, 5.41) is 14.0. The molecule has 7 nitrogen and oxygen atoms in total. The number of hydrogen-bond acceptors (Lipinski definition) is 5. The van der Waals surface area contributed by atoms with Crippen molar-refractivity contribution in [2.75, 3.05) is 5.32 Å². The maximum absolute atomic E-state index is 13.3. The number of hydrogen-bond donors (Lipinski definition) is 2. The number of thiophene rings is 1. The highest BCUT2D eigenvalue weighted by Gasteiger charge is 2.21. The van der Waals surface area contributed by atoms with Gasteiger partial charge in [-0.1, -0.05) is 47.5 Å². The quantitative estimate of drug-likeness (QED) is 0.465. The molecule has 0 bridgehead atoms. The third-order valence-corrected chi connectivity index (χ3v) is 5.75. The summed E-state index contributed by atoms with van der Waals surface area (Å²) in [6.45, 7) is 1.59. The van der Waals surface area contributed by atoms with E-state index in [1.807, 2.05) is 19.1 Å². The largest absolute Gasteiger partial charge is 0.478 e. The van der Waals surface area contributed by atoms with Gasteiger partial charge in [-0.2, -0.15) is 0 Å². The summed E-state index contributed by atoms with van der Waals surface area (Å²) in [5.74, 6) is -1.40. The van der Waals surface area contributed by atoms with Gasteiger partial charge in [0, 0.05) is 21.7 Å². The summed E-state index contributed by atoms with van der Waals surface area (Å²) < 4.78 is 1.20. The van der Waals surface area contributed by atoms with Gasteiger partial charge in [-0.25, -0.2) is 9.78 Å². The van der Waals surface area contributed by atoms with E-state index in [0.29, 0.717) is 21.1 Å². The first-order chi connectivity index (χ1) is 14.8. The van der Waals surface area contributed by atoms with Gasteiger partial charge in [-0.05, 0) is 25.1 Å². The van der Waals surface area contributed by atoms with Crippen LogP contribution in [0.5, 0.6) is 0 Å². The molecule has 2 aromatic heterocycles. The molecule has 4 aromatic rings. The van der Waals surface area contributed by atoms with E-state index in [4.69, 9.17) is 11.6 Å². The topological polar surface area (TPSA) is 101 Å². The zero-order valence-electron chi connectivity index (χ0n) is 16.3. The van der Waals surface area contributed by atoms with E-state index in [1.54, 1.807) is 36.4 Å². The van der Waals surface area contributed by atoms with Crippen molar-refractivity contribution in [3.63, 3.8) is 0 Å². The molecule has 2 N–H and O–H groups in total. The third kappa shape index (κ3) is 4.21. The van der Waals surface area contributed by atoms with Gasteiger partial charge in [0.1, 0.15) is 17.2 Å². The maximum Gasteiger partial charge on any atom is 0.337 e. The number of nitrogens with one attached hydrogen (secondary N) is 1. The highest BCUT2D eigenvalue weighted by atomic mass is 35.5. The summed E-state index contributed by atoms with van der Waals surface area (Å²) >= 11 is 7.04. The molecule has 31 heavy (non-hydrogen) atoms. The Morgan fingerprint density at radius 2 is 1.94 bits per heavy atom. The zero-order valence-corrected chi connectivity index (χ0v) is 17.8. The van der Waals surface area contributed by atoms with Gasteiger partial charge in [0.25, 0.3) is 5.56 Å². The second-order valence-corrected chi connectivity index (χ2v) is 8.18. The first-order valence-corrected chi connectivity index (χ1v) is 10.5. The number of fused-ring (bicyclic) bond motifs is 1. The minimum Gasteiger partial charge on any atom is -0.478 e. The number of halogens is 1. The van der Waals surface area contributed by atoms with E-state index in [1.165, 1.54) is 9.95 Å². The number of benzene rings is 2. The van der Waals surface area contributed by atoms with Gasteiger partial charge in [-0.3, -0.25) is 14.2 Å². The van der Waals surface area contributed by atoms with Crippen LogP contribution in [0.15, 0.2) is 58.7 Å². The molecule has 0 aliphatic heterocycles. The highest BCUT2D eigenvalue weighted by molar-refractivity contribution is 7.17. The van der Waals surface area contributed by atoms with Crippen molar-refractivity contribution in [3.05, 3.63) is 80.4 Å². The number of rotatable bonds is 5. The fourth-order valence-electron chi connectivity index (χ4n) is 3.16. The summed E-state index contributed by atoms with van der Waals surface area (Å²) in [4.78, 5) is 42.4. The van der Waals surface area contributed by atoms with Gasteiger partial charge in [0.2, 0.25) is 5.91 Å². The summed E-state index contributed by atoms with van der Waals surface area (Å²) in [6.07, 6.45) is 0. The lowest BCUT2D eigenvalue weighted by molar-refractivity contribution is -0.116. The molecule has 0 atom stereocenters. The Hall–Kier alpha value is -3.49. The van der Waals surface area contributed by atoms with Crippen molar-refractivity contribution in [1.29, 1.82) is 0 Å². The second kappa shape index (κ2) is 8.33. The molecule has 0 saturated heterocycles. The van der Waals surface area contributed by atoms with Crippen molar-refractivity contribution >= 4 is 50.7 Å². The average Bonchev–Trinajstić information content (AvgIpc) is 3.15. The summed E-state index contributed by atoms with van der Waals surface area (Å²) in [5.41, 5.74) is 1.45. The number of carboxylic acids is 1. The number of carboxylic acid groups (broad SMARTS) is 1. The number of aryl methyl sites for hydroxylation is 1. The number of nitrogens with zero attached hydrogens (tertiary/aromatic N) is 2. The van der Waals surface area contributed by atoms with Crippen LogP contribution in [0.1, 0.15) is 15.9 Å². The van der Waals surface area contributed by atoms with Gasteiger partial charge < -0.3 is 10.4 Å². The molecule has 0 spiro atoms. The van der Waals surface area contributed by atoms with Crippen LogP contribution in [0.25, 0.3) is 21.6 Å². The lowest BCUT2D eigenvalue weighted by Crippen LogP contribution is -2.30. The van der Waals surface area contributed by atoms with Crippen LogP contribution in [0.3, 0.4) is 0 Å². The first-order valence-electron chi connectivity index (χ1n) is 9.21. The van der Waals surface area contributed by atoms with Crippen LogP contribution in [0, 0.1) is 6.92 Å². The fourth-order valence-corrected chi connectivity index (χ4v) is 4.25. The van der Waals surface area contributed by atoms with E-state index in [0.717, 1.165) is 16.9 Å². The molecule has 156 valence electrons. The number of aromatic carboxylic acids is 1. The molecule has 4 rings (SSSR count). The minimum atomic E-state index is -1.22. The van der Waals surface area contributed by atoms with E-state index in [9.17, 15) is 19.5 Å². The molecule has 2 heterocycles. The Balaban J connectivity index is 1.83. The Bertz CT molecular complexity index is 1380. The Morgan fingerprint density at radius 3 is 2.61 bits per heavy atom. The van der Waals surface area contributed by atoms with Crippen LogP contribution < -0.4 is 10.9 Å². The molecule has 0 unspecified atom stereocenters. The maximum atomic E-state index is 13.3. The minimum absolute atomic E-state index is 0.0103. The first kappa shape index (κ1) is 20.8. The van der Waals surface area contributed by atoms with E-state index in [2.05, 4.69) is 10.3 Å². The Morgan fingerprint density at radius 1 is 1.19 bits per heavy atom. The van der Waals surface area contributed by atoms with Gasteiger partial charge in [-0.15, -0.1) is 11.3 Å². The molecule has 0 fully saturated rings. The molecule has 0 aliphatic rings. The number of carbonyl (C=O) groups is 2. The average molecular weight is 454 g/mol. The number of amides is 1. The van der Waals surface area contributed by atoms with Crippen molar-refractivity contribution in [1.82, 2.24) is 9.55 Å². The number of carbonyl (C=O) groups excluding carboxylic acids is 1. The molecule has 0 aliphatic carbocycles. The SMILES string of the molecule is Cc1ccc(-c2nc3scc(C(=O)O)c3c(=O)n2CC(=O)Nc2cccc(Cl)c2)cc1. The standard InChI is InChI=1S/C22H16ClN3O4S/c1-12-5-7-13(8-6-12)19-25-20-18(16(11-31-20)22(29)30)21(28)26(19)10-17(27)24-15-4-2-3-14(23)9-15/h2-9,11H,10H2,1H3,(H,24,27)(H,29,30). The summed E-state index contributed by atoms with van der Waals surface area (Å²) in [6, 6.07) is 14.0. The van der Waals surface area contributed by atoms with Crippen molar-refractivity contribution < 1.29 is 14.7 Å². The van der Waals surface area contributed by atoms with E-state index in [-0.39, 0.29) is 23.3 Å². The monoisotopic (exact) mass is 453 g/mol. The van der Waals surface area contributed by atoms with Gasteiger partial charge >= 0.3 is 5.97 Å². The fraction of sp³-hybridized carbons (Fsp3) is 0.0909.